The van der Waals surface area contributed by atoms with Crippen molar-refractivity contribution < 1.29 is 22.9 Å². The summed E-state index contributed by atoms with van der Waals surface area (Å²) in [6, 6.07) is 17.0. The van der Waals surface area contributed by atoms with Gasteiger partial charge in [0, 0.05) is 41.7 Å². The number of carbonyl (C=O) groups excluding carboxylic acids is 2. The van der Waals surface area contributed by atoms with Crippen molar-refractivity contribution in [2.75, 3.05) is 11.6 Å². The third kappa shape index (κ3) is 6.23. The molecule has 0 bridgehead atoms. The number of hydrogen-bond acceptors (Lipinski definition) is 6. The number of aryl methyl sites for hydroxylation is 1. The van der Waals surface area contributed by atoms with Crippen LogP contribution in [-0.4, -0.2) is 31.4 Å². The van der Waals surface area contributed by atoms with Crippen molar-refractivity contribution >= 4 is 33.0 Å². The minimum atomic E-state index is -3.75. The van der Waals surface area contributed by atoms with Gasteiger partial charge in [0.1, 0.15) is 0 Å². The van der Waals surface area contributed by atoms with E-state index in [0.717, 1.165) is 30.0 Å². The first-order chi connectivity index (χ1) is 15.5. The number of nitro benzene ring substituents is 1. The van der Waals surface area contributed by atoms with Crippen LogP contribution in [0.5, 0.6) is 0 Å². The Hall–Kier alpha value is -4.05. The van der Waals surface area contributed by atoms with Gasteiger partial charge in [-0.05, 0) is 42.8 Å². The van der Waals surface area contributed by atoms with Gasteiger partial charge in [-0.1, -0.05) is 29.8 Å². The molecular formula is C23H21N3O6S. The van der Waals surface area contributed by atoms with Crippen molar-refractivity contribution in [2.45, 2.75) is 18.4 Å². The SMILES string of the molecule is Cc1ccc(C(=O)Nc2cccc(CNC(=O)c3cc([N+](=O)[O-])cc(S(C)(=O)=O)c3)c2)cc1. The van der Waals surface area contributed by atoms with E-state index in [0.29, 0.717) is 16.8 Å². The zero-order valence-electron chi connectivity index (χ0n) is 17.9. The second-order valence-electron chi connectivity index (χ2n) is 7.45. The number of nitrogens with zero attached hydrogens (tertiary/aromatic N) is 1. The Morgan fingerprint density at radius 2 is 1.64 bits per heavy atom. The average molecular weight is 468 g/mol. The summed E-state index contributed by atoms with van der Waals surface area (Å²) in [6.45, 7) is 1.99. The zero-order chi connectivity index (χ0) is 24.2. The van der Waals surface area contributed by atoms with Gasteiger partial charge in [0.15, 0.2) is 9.84 Å². The summed E-state index contributed by atoms with van der Waals surface area (Å²) < 4.78 is 23.6. The van der Waals surface area contributed by atoms with Gasteiger partial charge in [-0.3, -0.25) is 19.7 Å². The van der Waals surface area contributed by atoms with Crippen LogP contribution in [0.2, 0.25) is 0 Å². The van der Waals surface area contributed by atoms with Crippen molar-refractivity contribution in [1.29, 1.82) is 0 Å². The molecule has 3 aromatic carbocycles. The largest absolute Gasteiger partial charge is 0.348 e. The smallest absolute Gasteiger partial charge is 0.271 e. The first kappa shape index (κ1) is 23.6. The van der Waals surface area contributed by atoms with E-state index in [4.69, 9.17) is 0 Å². The highest BCUT2D eigenvalue weighted by Crippen LogP contribution is 2.21. The van der Waals surface area contributed by atoms with Crippen molar-refractivity contribution in [1.82, 2.24) is 5.32 Å². The highest BCUT2D eigenvalue weighted by Gasteiger charge is 2.19. The fourth-order valence-electron chi connectivity index (χ4n) is 2.99. The van der Waals surface area contributed by atoms with Crippen molar-refractivity contribution in [2.24, 2.45) is 0 Å². The second kappa shape index (κ2) is 9.61. The Morgan fingerprint density at radius 3 is 2.27 bits per heavy atom. The molecule has 9 nitrogen and oxygen atoms in total. The molecule has 2 N–H and O–H groups in total. The Bertz CT molecular complexity index is 1330. The lowest BCUT2D eigenvalue weighted by Crippen LogP contribution is -2.23. The summed E-state index contributed by atoms with van der Waals surface area (Å²) in [5, 5.41) is 16.5. The molecule has 33 heavy (non-hydrogen) atoms. The number of rotatable bonds is 7. The molecular weight excluding hydrogens is 446 g/mol. The third-order valence-electron chi connectivity index (χ3n) is 4.74. The maximum absolute atomic E-state index is 12.5. The van der Waals surface area contributed by atoms with Crippen molar-refractivity contribution in [3.63, 3.8) is 0 Å². The normalized spacial score (nSPS) is 11.0. The Morgan fingerprint density at radius 1 is 0.939 bits per heavy atom. The number of nitro groups is 1. The van der Waals surface area contributed by atoms with Crippen LogP contribution in [-0.2, 0) is 16.4 Å². The summed E-state index contributed by atoms with van der Waals surface area (Å²) in [4.78, 5) is 35.0. The molecule has 0 aromatic heterocycles. The molecule has 170 valence electrons. The van der Waals surface area contributed by atoms with E-state index in [-0.39, 0.29) is 22.9 Å². The van der Waals surface area contributed by atoms with Gasteiger partial charge >= 0.3 is 0 Å². The molecule has 0 radical (unpaired) electrons. The predicted molar refractivity (Wildman–Crippen MR) is 123 cm³/mol. The van der Waals surface area contributed by atoms with Gasteiger partial charge in [0.25, 0.3) is 17.5 Å². The summed E-state index contributed by atoms with van der Waals surface area (Å²) >= 11 is 0. The average Bonchev–Trinajstić information content (AvgIpc) is 2.77. The zero-order valence-corrected chi connectivity index (χ0v) is 18.7. The summed E-state index contributed by atoms with van der Waals surface area (Å²) in [5.41, 5.74) is 2.10. The van der Waals surface area contributed by atoms with Crippen LogP contribution in [0.1, 0.15) is 31.8 Å². The monoisotopic (exact) mass is 467 g/mol. The Kier molecular flexibility index (Phi) is 6.88. The molecule has 0 saturated carbocycles. The Balaban J connectivity index is 1.72. The van der Waals surface area contributed by atoms with E-state index in [2.05, 4.69) is 10.6 Å². The number of carbonyl (C=O) groups is 2. The molecule has 0 saturated heterocycles. The lowest BCUT2D eigenvalue weighted by molar-refractivity contribution is -0.385. The van der Waals surface area contributed by atoms with E-state index in [1.54, 1.807) is 36.4 Å². The molecule has 3 rings (SSSR count). The maximum Gasteiger partial charge on any atom is 0.271 e. The lowest BCUT2D eigenvalue weighted by Gasteiger charge is -2.10. The number of benzene rings is 3. The number of hydrogen-bond donors (Lipinski definition) is 2. The highest BCUT2D eigenvalue weighted by molar-refractivity contribution is 7.90. The van der Waals surface area contributed by atoms with E-state index in [9.17, 15) is 28.1 Å². The fourth-order valence-corrected chi connectivity index (χ4v) is 3.66. The molecule has 2 amide bonds. The summed E-state index contributed by atoms with van der Waals surface area (Å²) in [5.74, 6) is -0.946. The highest BCUT2D eigenvalue weighted by atomic mass is 32.2. The maximum atomic E-state index is 12.5. The molecule has 3 aromatic rings. The molecule has 0 atom stereocenters. The van der Waals surface area contributed by atoms with Gasteiger partial charge in [-0.15, -0.1) is 0 Å². The number of non-ortho nitro benzene ring substituents is 1. The number of nitrogens with one attached hydrogen (secondary N) is 2. The van der Waals surface area contributed by atoms with Gasteiger partial charge in [-0.25, -0.2) is 8.42 Å². The first-order valence-corrected chi connectivity index (χ1v) is 11.7. The van der Waals surface area contributed by atoms with E-state index < -0.39 is 26.4 Å². The molecule has 0 spiro atoms. The standard InChI is InChI=1S/C23H21N3O6S/c1-15-6-8-17(9-7-15)23(28)25-19-5-3-4-16(10-19)14-24-22(27)18-11-20(26(29)30)13-21(12-18)33(2,31)32/h3-13H,14H2,1-2H3,(H,24,27)(H,25,28). The predicted octanol–water partition coefficient (Wildman–Crippen LogP) is 3.49. The summed E-state index contributed by atoms with van der Waals surface area (Å²) in [7, 11) is -3.75. The molecule has 0 fully saturated rings. The molecule has 10 heteroatoms. The number of sulfone groups is 1. The van der Waals surface area contributed by atoms with Crippen LogP contribution < -0.4 is 10.6 Å². The van der Waals surface area contributed by atoms with Gasteiger partial charge in [-0.2, -0.15) is 0 Å². The second-order valence-corrected chi connectivity index (χ2v) is 9.46. The topological polar surface area (TPSA) is 135 Å². The quantitative estimate of drug-likeness (QED) is 0.403. The van der Waals surface area contributed by atoms with Crippen LogP contribution in [0.25, 0.3) is 0 Å². The third-order valence-corrected chi connectivity index (χ3v) is 5.84. The van der Waals surface area contributed by atoms with Gasteiger partial charge < -0.3 is 10.6 Å². The lowest BCUT2D eigenvalue weighted by atomic mass is 10.1. The van der Waals surface area contributed by atoms with Crippen LogP contribution in [0.15, 0.2) is 71.6 Å². The Labute approximate surface area is 190 Å². The van der Waals surface area contributed by atoms with Crippen LogP contribution in [0.3, 0.4) is 0 Å². The van der Waals surface area contributed by atoms with Gasteiger partial charge in [0.05, 0.1) is 9.82 Å². The van der Waals surface area contributed by atoms with Crippen LogP contribution in [0, 0.1) is 17.0 Å². The minimum absolute atomic E-state index is 0.0595. The van der Waals surface area contributed by atoms with Crippen molar-refractivity contribution in [3.05, 3.63) is 99.1 Å². The summed E-state index contributed by atoms with van der Waals surface area (Å²) in [6.07, 6.45) is 0.907. The van der Waals surface area contributed by atoms with Crippen LogP contribution >= 0.6 is 0 Å². The number of amides is 2. The van der Waals surface area contributed by atoms with E-state index in [1.807, 2.05) is 19.1 Å². The molecule has 0 aliphatic carbocycles. The number of anilines is 1. The van der Waals surface area contributed by atoms with Crippen LogP contribution in [0.4, 0.5) is 11.4 Å². The molecule has 0 aliphatic rings. The molecule has 0 unspecified atom stereocenters. The first-order valence-electron chi connectivity index (χ1n) is 9.77. The molecule has 0 aliphatic heterocycles. The van der Waals surface area contributed by atoms with Crippen molar-refractivity contribution in [3.8, 4) is 0 Å². The van der Waals surface area contributed by atoms with E-state index in [1.165, 1.54) is 0 Å². The minimum Gasteiger partial charge on any atom is -0.348 e. The van der Waals surface area contributed by atoms with E-state index >= 15 is 0 Å². The molecule has 0 heterocycles. The fraction of sp³-hybridized carbons (Fsp3) is 0.130. The van der Waals surface area contributed by atoms with Gasteiger partial charge in [0.2, 0.25) is 0 Å².